The molecule has 0 aliphatic carbocycles. The predicted octanol–water partition coefficient (Wildman–Crippen LogP) is 1.08. The molecule has 108 valence electrons. The first-order valence-corrected chi connectivity index (χ1v) is 6.82. The van der Waals surface area contributed by atoms with Crippen molar-refractivity contribution >= 4 is 11.6 Å². The van der Waals surface area contributed by atoms with Gasteiger partial charge < -0.3 is 24.4 Å². The fourth-order valence-corrected chi connectivity index (χ4v) is 2.29. The van der Waals surface area contributed by atoms with E-state index in [2.05, 4.69) is 5.32 Å². The van der Waals surface area contributed by atoms with Crippen LogP contribution in [0.2, 0.25) is 0 Å². The molecule has 1 saturated heterocycles. The number of carbonyl (C=O) groups is 1. The van der Waals surface area contributed by atoms with Gasteiger partial charge in [0.1, 0.15) is 0 Å². The third-order valence-electron chi connectivity index (χ3n) is 3.40. The maximum Gasteiger partial charge on any atom is 0.231 e. The Hall–Kier alpha value is -1.95. The van der Waals surface area contributed by atoms with E-state index in [1.807, 2.05) is 23.1 Å². The van der Waals surface area contributed by atoms with Crippen LogP contribution >= 0.6 is 0 Å². The van der Waals surface area contributed by atoms with E-state index < -0.39 is 0 Å². The fraction of sp³-hybridized carbons (Fsp3) is 0.500. The van der Waals surface area contributed by atoms with Gasteiger partial charge in [-0.1, -0.05) is 0 Å². The van der Waals surface area contributed by atoms with Gasteiger partial charge in [-0.25, -0.2) is 0 Å². The lowest BCUT2D eigenvalue weighted by Crippen LogP contribution is -2.41. The van der Waals surface area contributed by atoms with Crippen molar-refractivity contribution in [1.82, 2.24) is 4.90 Å². The Kier molecular flexibility index (Phi) is 3.92. The number of nitrogens with zero attached hydrogens (tertiary/aromatic N) is 1. The zero-order valence-corrected chi connectivity index (χ0v) is 11.3. The van der Waals surface area contributed by atoms with Gasteiger partial charge in [0, 0.05) is 37.8 Å². The van der Waals surface area contributed by atoms with E-state index in [-0.39, 0.29) is 12.7 Å². The molecular formula is C14H18N2O4. The average Bonchev–Trinajstić information content (AvgIpc) is 2.95. The zero-order valence-electron chi connectivity index (χ0n) is 11.3. The molecule has 20 heavy (non-hydrogen) atoms. The smallest absolute Gasteiger partial charge is 0.231 e. The Labute approximate surface area is 117 Å². The van der Waals surface area contributed by atoms with Crippen molar-refractivity contribution in [3.8, 4) is 11.5 Å². The van der Waals surface area contributed by atoms with Crippen LogP contribution in [-0.4, -0.2) is 50.4 Å². The molecular weight excluding hydrogens is 260 g/mol. The number of nitrogens with one attached hydrogen (secondary N) is 1. The summed E-state index contributed by atoms with van der Waals surface area (Å²) in [6.07, 6.45) is 0.481. The van der Waals surface area contributed by atoms with Crippen molar-refractivity contribution in [2.75, 3.05) is 45.0 Å². The summed E-state index contributed by atoms with van der Waals surface area (Å²) in [7, 11) is 0. The molecule has 1 N–H and O–H groups in total. The molecule has 0 saturated carbocycles. The van der Waals surface area contributed by atoms with Crippen molar-refractivity contribution in [1.29, 1.82) is 0 Å². The number of benzene rings is 1. The molecule has 2 aliphatic rings. The number of morpholine rings is 1. The van der Waals surface area contributed by atoms with E-state index in [0.717, 1.165) is 17.2 Å². The second-order valence-electron chi connectivity index (χ2n) is 4.74. The lowest BCUT2D eigenvalue weighted by molar-refractivity contribution is -0.134. The Morgan fingerprint density at radius 1 is 1.20 bits per heavy atom. The number of ether oxygens (including phenoxy) is 3. The van der Waals surface area contributed by atoms with E-state index in [9.17, 15) is 4.79 Å². The highest BCUT2D eigenvalue weighted by molar-refractivity contribution is 5.76. The van der Waals surface area contributed by atoms with Crippen molar-refractivity contribution in [3.63, 3.8) is 0 Å². The van der Waals surface area contributed by atoms with Gasteiger partial charge >= 0.3 is 0 Å². The Bertz CT molecular complexity index is 486. The number of hydrogen-bond acceptors (Lipinski definition) is 5. The molecule has 6 heteroatoms. The normalized spacial score (nSPS) is 17.1. The van der Waals surface area contributed by atoms with Gasteiger partial charge in [0.15, 0.2) is 11.5 Å². The van der Waals surface area contributed by atoms with E-state index in [4.69, 9.17) is 14.2 Å². The van der Waals surface area contributed by atoms with Crippen LogP contribution < -0.4 is 14.8 Å². The molecule has 0 atom stereocenters. The molecule has 1 amide bonds. The van der Waals surface area contributed by atoms with Crippen molar-refractivity contribution in [2.45, 2.75) is 6.42 Å². The number of carbonyl (C=O) groups excluding carboxylic acids is 1. The zero-order chi connectivity index (χ0) is 13.8. The summed E-state index contributed by atoms with van der Waals surface area (Å²) in [4.78, 5) is 13.8. The van der Waals surface area contributed by atoms with Gasteiger partial charge in [-0.3, -0.25) is 4.79 Å². The van der Waals surface area contributed by atoms with Crippen LogP contribution in [-0.2, 0) is 9.53 Å². The topological polar surface area (TPSA) is 60.0 Å². The summed E-state index contributed by atoms with van der Waals surface area (Å²) in [6.45, 7) is 3.55. The molecule has 2 heterocycles. The second kappa shape index (κ2) is 6.00. The monoisotopic (exact) mass is 278 g/mol. The third-order valence-corrected chi connectivity index (χ3v) is 3.40. The molecule has 1 aromatic carbocycles. The minimum Gasteiger partial charge on any atom is -0.454 e. The van der Waals surface area contributed by atoms with Gasteiger partial charge in [0.2, 0.25) is 12.7 Å². The van der Waals surface area contributed by atoms with Crippen LogP contribution in [0.15, 0.2) is 18.2 Å². The molecule has 6 nitrogen and oxygen atoms in total. The molecule has 1 aromatic rings. The van der Waals surface area contributed by atoms with Crippen LogP contribution in [0.5, 0.6) is 11.5 Å². The van der Waals surface area contributed by atoms with Crippen molar-refractivity contribution < 1.29 is 19.0 Å². The molecule has 3 rings (SSSR count). The minimum absolute atomic E-state index is 0.168. The first-order valence-electron chi connectivity index (χ1n) is 6.82. The van der Waals surface area contributed by atoms with E-state index in [0.29, 0.717) is 39.3 Å². The van der Waals surface area contributed by atoms with Crippen LogP contribution in [0, 0.1) is 0 Å². The number of rotatable bonds is 4. The van der Waals surface area contributed by atoms with Crippen LogP contribution in [0.4, 0.5) is 5.69 Å². The standard InChI is InChI=1S/C14H18N2O4/c17-14(16-5-7-18-8-6-16)3-4-15-11-1-2-12-13(9-11)20-10-19-12/h1-2,9,15H,3-8,10H2. The highest BCUT2D eigenvalue weighted by Gasteiger charge is 2.16. The highest BCUT2D eigenvalue weighted by atomic mass is 16.7. The van der Waals surface area contributed by atoms with Crippen LogP contribution in [0.1, 0.15) is 6.42 Å². The molecule has 0 unspecified atom stereocenters. The Morgan fingerprint density at radius 3 is 2.85 bits per heavy atom. The number of amides is 1. The van der Waals surface area contributed by atoms with Gasteiger partial charge in [-0.15, -0.1) is 0 Å². The maximum atomic E-state index is 12.0. The summed E-state index contributed by atoms with van der Waals surface area (Å²) in [6, 6.07) is 5.68. The predicted molar refractivity (Wildman–Crippen MR) is 73.1 cm³/mol. The van der Waals surface area contributed by atoms with Crippen LogP contribution in [0.25, 0.3) is 0 Å². The maximum absolute atomic E-state index is 12.0. The SMILES string of the molecule is O=C(CCNc1ccc2c(c1)OCO2)N1CCOCC1. The Balaban J connectivity index is 1.46. The minimum atomic E-state index is 0.168. The quantitative estimate of drug-likeness (QED) is 0.893. The summed E-state index contributed by atoms with van der Waals surface area (Å²) >= 11 is 0. The lowest BCUT2D eigenvalue weighted by Gasteiger charge is -2.26. The lowest BCUT2D eigenvalue weighted by atomic mass is 10.2. The van der Waals surface area contributed by atoms with Crippen molar-refractivity contribution in [3.05, 3.63) is 18.2 Å². The first-order chi connectivity index (χ1) is 9.83. The summed E-state index contributed by atoms with van der Waals surface area (Å²) in [5.41, 5.74) is 0.934. The van der Waals surface area contributed by atoms with Gasteiger partial charge in [0.05, 0.1) is 13.2 Å². The third kappa shape index (κ3) is 2.96. The van der Waals surface area contributed by atoms with Gasteiger partial charge in [-0.2, -0.15) is 0 Å². The number of fused-ring (bicyclic) bond motifs is 1. The average molecular weight is 278 g/mol. The largest absolute Gasteiger partial charge is 0.454 e. The van der Waals surface area contributed by atoms with E-state index >= 15 is 0 Å². The van der Waals surface area contributed by atoms with E-state index in [1.54, 1.807) is 0 Å². The molecule has 0 spiro atoms. The number of anilines is 1. The van der Waals surface area contributed by atoms with Crippen LogP contribution in [0.3, 0.4) is 0 Å². The van der Waals surface area contributed by atoms with Gasteiger partial charge in [-0.05, 0) is 12.1 Å². The van der Waals surface area contributed by atoms with Crippen molar-refractivity contribution in [2.24, 2.45) is 0 Å². The number of hydrogen-bond donors (Lipinski definition) is 1. The summed E-state index contributed by atoms with van der Waals surface area (Å²) in [5, 5.41) is 3.23. The molecule has 2 aliphatic heterocycles. The fourth-order valence-electron chi connectivity index (χ4n) is 2.29. The van der Waals surface area contributed by atoms with Gasteiger partial charge in [0.25, 0.3) is 0 Å². The highest BCUT2D eigenvalue weighted by Crippen LogP contribution is 2.34. The summed E-state index contributed by atoms with van der Waals surface area (Å²) in [5.74, 6) is 1.68. The van der Waals surface area contributed by atoms with E-state index in [1.165, 1.54) is 0 Å². The first kappa shape index (κ1) is 13.1. The summed E-state index contributed by atoms with van der Waals surface area (Å²) < 4.78 is 15.8. The molecule has 1 fully saturated rings. The Morgan fingerprint density at radius 2 is 2.00 bits per heavy atom. The molecule has 0 aromatic heterocycles. The second-order valence-corrected chi connectivity index (χ2v) is 4.74. The molecule has 0 bridgehead atoms. The molecule has 0 radical (unpaired) electrons.